The van der Waals surface area contributed by atoms with Crippen LogP contribution in [0.25, 0.3) is 0 Å². The maximum Gasteiger partial charge on any atom is 0.415 e. The minimum Gasteiger partial charge on any atom is -0.466 e. The van der Waals surface area contributed by atoms with Gasteiger partial charge in [-0.2, -0.15) is 0 Å². The SMILES string of the molecule is C.C.C.C.C.COC(=O)/C=C/C(=O)OCCN(C)C(=O)OC(C)(C)C.COC(=O)/C=C/C(=O)OCCN(C)C(=O)OC(C)C.COC(=O)/C=C/C(=O)OCCN(C)C(=O)OCc1ccccc1.COC(=O)/C=C/C(=O)OCCN(C)C(=O)Oc1ccccc1. The largest absolute Gasteiger partial charge is 0.466 e. The molecule has 0 saturated carbocycles. The lowest BCUT2D eigenvalue weighted by molar-refractivity contribution is -0.139. The molecule has 0 bridgehead atoms. The number of rotatable bonds is 24. The Morgan fingerprint density at radius 2 is 0.674 bits per heavy atom. The molecule has 2 aromatic rings. The zero-order chi connectivity index (χ0) is 64.0. The highest BCUT2D eigenvalue weighted by Gasteiger charge is 2.20. The van der Waals surface area contributed by atoms with Gasteiger partial charge < -0.3 is 76.4 Å². The van der Waals surface area contributed by atoms with Gasteiger partial charge in [-0.1, -0.05) is 85.7 Å². The van der Waals surface area contributed by atoms with Crippen LogP contribution in [0.4, 0.5) is 19.2 Å². The molecule has 0 atom stereocenters. The molecule has 0 aliphatic heterocycles. The Morgan fingerprint density at radius 1 is 0.393 bits per heavy atom. The van der Waals surface area contributed by atoms with Crippen molar-refractivity contribution in [1.29, 1.82) is 0 Å². The topological polar surface area (TPSA) is 329 Å². The standard InChI is InChI=1S/C16H19NO6.C15H17NO6.C13H21NO6.C12H19NO6.5CH4/c1-17(10-11-22-15(19)9-8-14(18)21-2)16(20)23-12-13-6-4-3-5-7-13;1-16(15(19)22-12-6-4-3-5-7-12)10-11-21-14(18)9-8-13(17)20-2;1-13(2,3)20-12(17)14(4)8-9-19-11(16)7-6-10(15)18-5;1-9(2)19-12(16)13(3)7-8-18-11(15)6-5-10(14)17-4;;;;;/h3-9H,10-12H2,1-2H3;3-9H,10-11H2,1-2H3;6-7H,8-9H2,1-5H3;5-6,9H,7-8H2,1-4H3;5*1H4/b2*9-8+;7-6+;6-5+;;;;;. The summed E-state index contributed by atoms with van der Waals surface area (Å²) in [6, 6.07) is 17.9. The molecule has 2 aromatic carbocycles. The van der Waals surface area contributed by atoms with Gasteiger partial charge in [0, 0.05) is 76.8 Å². The van der Waals surface area contributed by atoms with Gasteiger partial charge in [-0.3, -0.25) is 0 Å². The number of benzene rings is 2. The summed E-state index contributed by atoms with van der Waals surface area (Å²) < 4.78 is 56.8. The monoisotopic (exact) mass is 1270 g/mol. The number of hydrogen-bond donors (Lipinski definition) is 0. The third kappa shape index (κ3) is 53.5. The van der Waals surface area contributed by atoms with E-state index >= 15 is 0 Å². The number of nitrogens with zero attached hydrogens (tertiary/aromatic N) is 4. The summed E-state index contributed by atoms with van der Waals surface area (Å²) in [7, 11) is 10.9. The minimum absolute atomic E-state index is 0. The first-order valence-electron chi connectivity index (χ1n) is 25.0. The normalized spacial score (nSPS) is 9.82. The molecule has 28 nitrogen and oxygen atoms in total. The van der Waals surface area contributed by atoms with E-state index < -0.39 is 77.7 Å². The van der Waals surface area contributed by atoms with E-state index in [9.17, 15) is 57.5 Å². The summed E-state index contributed by atoms with van der Waals surface area (Å²) >= 11 is 0. The average molecular weight is 1270 g/mol. The summed E-state index contributed by atoms with van der Waals surface area (Å²) in [5, 5.41) is 0. The van der Waals surface area contributed by atoms with Crippen LogP contribution in [0.2, 0.25) is 0 Å². The van der Waals surface area contributed by atoms with E-state index in [1.165, 1.54) is 76.2 Å². The Labute approximate surface area is 524 Å². The fourth-order valence-corrected chi connectivity index (χ4v) is 4.63. The van der Waals surface area contributed by atoms with Gasteiger partial charge >= 0.3 is 72.1 Å². The van der Waals surface area contributed by atoms with Crippen LogP contribution in [0.15, 0.2) is 109 Å². The number of carbonyl (C=O) groups is 12. The van der Waals surface area contributed by atoms with Crippen molar-refractivity contribution in [2.24, 2.45) is 0 Å². The van der Waals surface area contributed by atoms with Crippen molar-refractivity contribution in [3.63, 3.8) is 0 Å². The fraction of sp³-hybridized carbons (Fsp3) is 0.475. The highest BCUT2D eigenvalue weighted by Crippen LogP contribution is 2.11. The molecule has 0 saturated heterocycles. The second-order valence-electron chi connectivity index (χ2n) is 17.4. The maximum absolute atomic E-state index is 11.7. The van der Waals surface area contributed by atoms with Crippen LogP contribution >= 0.6 is 0 Å². The highest BCUT2D eigenvalue weighted by molar-refractivity contribution is 5.93. The molecular formula is C61H96N4O24. The molecule has 0 unspecified atom stereocenters. The number of para-hydroxylation sites is 1. The zero-order valence-corrected chi connectivity index (χ0v) is 49.4. The molecule has 28 heteroatoms. The Morgan fingerprint density at radius 3 is 0.978 bits per heavy atom. The Bertz CT molecular complexity index is 2510. The van der Waals surface area contributed by atoms with Crippen LogP contribution in [-0.2, 0) is 97.1 Å². The molecule has 0 fully saturated rings. The van der Waals surface area contributed by atoms with Gasteiger partial charge in [0.15, 0.2) is 0 Å². The van der Waals surface area contributed by atoms with E-state index in [0.29, 0.717) is 5.75 Å². The molecule has 0 N–H and O–H groups in total. The molecule has 0 spiro atoms. The van der Waals surface area contributed by atoms with Crippen molar-refractivity contribution < 1.29 is 114 Å². The van der Waals surface area contributed by atoms with Crippen molar-refractivity contribution in [3.8, 4) is 5.75 Å². The highest BCUT2D eigenvalue weighted by atomic mass is 16.6. The Kier molecular flexibility index (Phi) is 57.3. The fourth-order valence-electron chi connectivity index (χ4n) is 4.63. The quantitative estimate of drug-likeness (QED) is 0.0546. The number of methoxy groups -OCH3 is 4. The van der Waals surface area contributed by atoms with Crippen molar-refractivity contribution in [2.45, 2.75) is 90.1 Å². The first-order valence-corrected chi connectivity index (χ1v) is 25.0. The van der Waals surface area contributed by atoms with Gasteiger partial charge in [0.1, 0.15) is 44.4 Å². The van der Waals surface area contributed by atoms with E-state index in [2.05, 4.69) is 18.9 Å². The van der Waals surface area contributed by atoms with Gasteiger partial charge in [0.25, 0.3) is 0 Å². The van der Waals surface area contributed by atoms with Crippen molar-refractivity contribution in [1.82, 2.24) is 19.6 Å². The summed E-state index contributed by atoms with van der Waals surface area (Å²) in [5.74, 6) is -4.93. The zero-order valence-electron chi connectivity index (χ0n) is 49.4. The third-order valence-corrected chi connectivity index (χ3v) is 9.04. The minimum atomic E-state index is -0.699. The number of amides is 4. The molecule has 0 aliphatic carbocycles. The second-order valence-corrected chi connectivity index (χ2v) is 17.4. The van der Waals surface area contributed by atoms with Gasteiger partial charge in [0.2, 0.25) is 0 Å². The summed E-state index contributed by atoms with van der Waals surface area (Å²) in [6.07, 6.45) is 5.37. The molecular weight excluding hydrogens is 1170 g/mol. The van der Waals surface area contributed by atoms with Crippen molar-refractivity contribution in [3.05, 3.63) is 115 Å². The van der Waals surface area contributed by atoms with Gasteiger partial charge in [0.05, 0.1) is 60.7 Å². The smallest absolute Gasteiger partial charge is 0.415 e. The second kappa shape index (κ2) is 54.9. The van der Waals surface area contributed by atoms with E-state index in [1.54, 1.807) is 58.9 Å². The van der Waals surface area contributed by atoms with Gasteiger partial charge in [-0.15, -0.1) is 0 Å². The molecule has 504 valence electrons. The summed E-state index contributed by atoms with van der Waals surface area (Å²) in [5.41, 5.74) is 0.305. The number of esters is 8. The number of ether oxygens (including phenoxy) is 12. The Balaban J connectivity index is -0.000000198. The summed E-state index contributed by atoms with van der Waals surface area (Å²) in [6.45, 7) is 9.62. The van der Waals surface area contributed by atoms with Crippen LogP contribution in [-0.4, -0.2) is 213 Å². The lowest BCUT2D eigenvalue weighted by atomic mass is 10.2. The van der Waals surface area contributed by atoms with E-state index in [1.807, 2.05) is 36.4 Å². The molecule has 2 rings (SSSR count). The first kappa shape index (κ1) is 92.9. The van der Waals surface area contributed by atoms with Crippen LogP contribution in [0.3, 0.4) is 0 Å². The van der Waals surface area contributed by atoms with E-state index in [4.69, 9.17) is 37.9 Å². The van der Waals surface area contributed by atoms with Crippen LogP contribution < -0.4 is 4.74 Å². The van der Waals surface area contributed by atoms with Crippen LogP contribution in [0.1, 0.15) is 77.3 Å². The molecule has 0 radical (unpaired) electrons. The van der Waals surface area contributed by atoms with Gasteiger partial charge in [-0.25, -0.2) is 57.5 Å². The van der Waals surface area contributed by atoms with Crippen molar-refractivity contribution >= 4 is 72.1 Å². The molecule has 0 heterocycles. The molecule has 0 aliphatic rings. The number of hydrogen-bond acceptors (Lipinski definition) is 24. The average Bonchev–Trinajstić information content (AvgIpc) is 3.57. The van der Waals surface area contributed by atoms with E-state index in [0.717, 1.165) is 54.2 Å². The predicted molar refractivity (Wildman–Crippen MR) is 330 cm³/mol. The van der Waals surface area contributed by atoms with E-state index in [-0.39, 0.29) is 102 Å². The number of likely N-dealkylation sites (N-methyl/N-ethyl adjacent to an activating group) is 4. The van der Waals surface area contributed by atoms with Gasteiger partial charge in [-0.05, 0) is 52.3 Å². The lowest BCUT2D eigenvalue weighted by Crippen LogP contribution is -2.36. The van der Waals surface area contributed by atoms with Crippen LogP contribution in [0, 0.1) is 0 Å². The third-order valence-electron chi connectivity index (χ3n) is 9.04. The lowest BCUT2D eigenvalue weighted by Gasteiger charge is -2.24. The summed E-state index contributed by atoms with van der Waals surface area (Å²) in [4.78, 5) is 139. The molecule has 4 amide bonds. The van der Waals surface area contributed by atoms with Crippen LogP contribution in [0.5, 0.6) is 5.75 Å². The maximum atomic E-state index is 11.7. The number of carbonyl (C=O) groups excluding carboxylic acids is 12. The Hall–Kier alpha value is -9.76. The first-order chi connectivity index (χ1) is 39.6. The molecule has 0 aromatic heterocycles. The van der Waals surface area contributed by atoms with Crippen molar-refractivity contribution in [2.75, 3.05) is 109 Å². The predicted octanol–water partition coefficient (Wildman–Crippen LogP) is 7.96. The molecule has 89 heavy (non-hydrogen) atoms.